The molecule has 104 valence electrons. The van der Waals surface area contributed by atoms with Crippen molar-refractivity contribution in [2.75, 3.05) is 6.54 Å². The third-order valence-corrected chi connectivity index (χ3v) is 5.57. The highest BCUT2D eigenvalue weighted by Crippen LogP contribution is 2.56. The van der Waals surface area contributed by atoms with Gasteiger partial charge in [0.1, 0.15) is 0 Å². The number of hydrogen-bond acceptors (Lipinski definition) is 2. The van der Waals surface area contributed by atoms with Crippen LogP contribution in [0.4, 0.5) is 0 Å². The van der Waals surface area contributed by atoms with Crippen molar-refractivity contribution in [2.45, 2.75) is 51.0 Å². The summed E-state index contributed by atoms with van der Waals surface area (Å²) in [5.74, 6) is 0.682. The normalized spacial score (nSPS) is 38.2. The Morgan fingerprint density at radius 3 is 2.79 bits per heavy atom. The second kappa shape index (κ2) is 4.60. The van der Waals surface area contributed by atoms with Crippen molar-refractivity contribution in [2.24, 2.45) is 17.1 Å². The van der Waals surface area contributed by atoms with Crippen LogP contribution in [0, 0.1) is 11.3 Å². The maximum absolute atomic E-state index is 11.5. The lowest BCUT2D eigenvalue weighted by atomic mass is 9.61. The first-order valence-electron chi connectivity index (χ1n) is 7.62. The number of rotatable bonds is 2. The van der Waals surface area contributed by atoms with Crippen molar-refractivity contribution in [3.05, 3.63) is 35.4 Å². The van der Waals surface area contributed by atoms with Gasteiger partial charge < -0.3 is 10.8 Å². The summed E-state index contributed by atoms with van der Waals surface area (Å²) >= 11 is 0. The highest BCUT2D eigenvalue weighted by Gasteiger charge is 2.54. The fraction of sp³-hybridized carbons (Fsp3) is 0.647. The number of hydrogen-bond donors (Lipinski definition) is 2. The molecule has 19 heavy (non-hydrogen) atoms. The van der Waals surface area contributed by atoms with E-state index in [1.54, 1.807) is 0 Å². The van der Waals surface area contributed by atoms with Gasteiger partial charge in [-0.3, -0.25) is 0 Å². The minimum atomic E-state index is -0.707. The average Bonchev–Trinajstić information content (AvgIpc) is 2.83. The van der Waals surface area contributed by atoms with Crippen LogP contribution in [-0.4, -0.2) is 11.7 Å². The van der Waals surface area contributed by atoms with Crippen molar-refractivity contribution >= 4 is 0 Å². The quantitative estimate of drug-likeness (QED) is 0.857. The van der Waals surface area contributed by atoms with Gasteiger partial charge >= 0.3 is 0 Å². The monoisotopic (exact) mass is 259 g/mol. The maximum atomic E-state index is 11.5. The van der Waals surface area contributed by atoms with Gasteiger partial charge in [-0.25, -0.2) is 0 Å². The van der Waals surface area contributed by atoms with Crippen LogP contribution in [0.15, 0.2) is 24.3 Å². The average molecular weight is 259 g/mol. The number of fused-ring (bicyclic) bond motifs is 1. The standard InChI is InChI=1S/C17H25NO/c1-13-8-10-16(11-13,12-18)17(19)9-4-6-14-5-2-3-7-15(14)17/h2-3,5,7,13,19H,4,6,8-12,18H2,1H3. The molecule has 0 aromatic heterocycles. The molecular formula is C17H25NO. The van der Waals surface area contributed by atoms with E-state index in [0.717, 1.165) is 37.7 Å². The summed E-state index contributed by atoms with van der Waals surface area (Å²) in [6, 6.07) is 8.42. The summed E-state index contributed by atoms with van der Waals surface area (Å²) in [6.45, 7) is 2.89. The summed E-state index contributed by atoms with van der Waals surface area (Å²) < 4.78 is 0. The zero-order valence-electron chi connectivity index (χ0n) is 11.9. The molecule has 0 heterocycles. The van der Waals surface area contributed by atoms with Crippen LogP contribution in [0.2, 0.25) is 0 Å². The smallest absolute Gasteiger partial charge is 0.0967 e. The van der Waals surface area contributed by atoms with E-state index in [4.69, 9.17) is 5.73 Å². The molecule has 3 N–H and O–H groups in total. The van der Waals surface area contributed by atoms with Gasteiger partial charge in [0.15, 0.2) is 0 Å². The van der Waals surface area contributed by atoms with Gasteiger partial charge in [-0.15, -0.1) is 0 Å². The van der Waals surface area contributed by atoms with Crippen LogP contribution in [0.1, 0.15) is 50.2 Å². The SMILES string of the molecule is CC1CCC(CN)(C2(O)CCCc3ccccc32)C1. The van der Waals surface area contributed by atoms with Gasteiger partial charge in [0.2, 0.25) is 0 Å². The summed E-state index contributed by atoms with van der Waals surface area (Å²) in [4.78, 5) is 0. The largest absolute Gasteiger partial charge is 0.385 e. The highest BCUT2D eigenvalue weighted by atomic mass is 16.3. The van der Waals surface area contributed by atoms with E-state index in [1.807, 2.05) is 0 Å². The Kier molecular flexibility index (Phi) is 3.18. The molecule has 0 saturated heterocycles. The molecule has 2 nitrogen and oxygen atoms in total. The van der Waals surface area contributed by atoms with Crippen molar-refractivity contribution in [3.8, 4) is 0 Å². The fourth-order valence-corrected chi connectivity index (χ4v) is 4.49. The highest BCUT2D eigenvalue weighted by molar-refractivity contribution is 5.37. The predicted molar refractivity (Wildman–Crippen MR) is 77.8 cm³/mol. The summed E-state index contributed by atoms with van der Waals surface area (Å²) in [7, 11) is 0. The van der Waals surface area contributed by atoms with Crippen LogP contribution in [0.5, 0.6) is 0 Å². The lowest BCUT2D eigenvalue weighted by Gasteiger charge is -2.48. The Morgan fingerprint density at radius 2 is 2.11 bits per heavy atom. The first-order valence-corrected chi connectivity index (χ1v) is 7.62. The molecule has 1 fully saturated rings. The predicted octanol–water partition coefficient (Wildman–Crippen LogP) is 2.98. The Balaban J connectivity index is 2.08. The third-order valence-electron chi connectivity index (χ3n) is 5.57. The molecule has 0 amide bonds. The maximum Gasteiger partial charge on any atom is 0.0967 e. The Morgan fingerprint density at radius 1 is 1.32 bits per heavy atom. The minimum Gasteiger partial charge on any atom is -0.385 e. The van der Waals surface area contributed by atoms with Gasteiger partial charge in [0.05, 0.1) is 5.60 Å². The molecule has 0 spiro atoms. The number of nitrogens with two attached hydrogens (primary N) is 1. The van der Waals surface area contributed by atoms with Gasteiger partial charge in [-0.1, -0.05) is 31.2 Å². The zero-order valence-corrected chi connectivity index (χ0v) is 11.9. The molecule has 1 aromatic carbocycles. The lowest BCUT2D eigenvalue weighted by molar-refractivity contribution is -0.0991. The summed E-state index contributed by atoms with van der Waals surface area (Å²) in [5, 5.41) is 11.5. The molecule has 2 aliphatic rings. The van der Waals surface area contributed by atoms with Crippen molar-refractivity contribution in [1.29, 1.82) is 0 Å². The lowest BCUT2D eigenvalue weighted by Crippen LogP contribution is -2.50. The third kappa shape index (κ3) is 1.85. The van der Waals surface area contributed by atoms with Gasteiger partial charge in [0, 0.05) is 12.0 Å². The molecule has 1 saturated carbocycles. The molecule has 3 unspecified atom stereocenters. The van der Waals surface area contributed by atoms with Crippen LogP contribution >= 0.6 is 0 Å². The van der Waals surface area contributed by atoms with Gasteiger partial charge in [-0.05, 0) is 55.6 Å². The first-order chi connectivity index (χ1) is 9.11. The first kappa shape index (κ1) is 13.1. The summed E-state index contributed by atoms with van der Waals surface area (Å²) in [5.41, 5.74) is 7.81. The zero-order chi connectivity index (χ0) is 13.5. The molecule has 3 rings (SSSR count). The minimum absolute atomic E-state index is 0.108. The Hall–Kier alpha value is -0.860. The Bertz CT molecular complexity index is 472. The summed E-state index contributed by atoms with van der Waals surface area (Å²) in [6.07, 6.45) is 6.36. The topological polar surface area (TPSA) is 46.2 Å². The fourth-order valence-electron chi connectivity index (χ4n) is 4.49. The molecule has 0 aliphatic heterocycles. The van der Waals surface area contributed by atoms with E-state index in [9.17, 15) is 5.11 Å². The van der Waals surface area contributed by atoms with Crippen molar-refractivity contribution in [3.63, 3.8) is 0 Å². The second-order valence-electron chi connectivity index (χ2n) is 6.70. The molecule has 0 bridgehead atoms. The Labute approximate surface area is 116 Å². The van der Waals surface area contributed by atoms with E-state index in [0.29, 0.717) is 12.5 Å². The van der Waals surface area contributed by atoms with Crippen LogP contribution in [0.3, 0.4) is 0 Å². The van der Waals surface area contributed by atoms with Crippen molar-refractivity contribution < 1.29 is 5.11 Å². The van der Waals surface area contributed by atoms with Crippen LogP contribution in [-0.2, 0) is 12.0 Å². The molecule has 2 aliphatic carbocycles. The van der Waals surface area contributed by atoms with E-state index in [-0.39, 0.29) is 5.41 Å². The van der Waals surface area contributed by atoms with E-state index in [2.05, 4.69) is 31.2 Å². The molecular weight excluding hydrogens is 234 g/mol. The van der Waals surface area contributed by atoms with Crippen LogP contribution in [0.25, 0.3) is 0 Å². The number of aliphatic hydroxyl groups is 1. The molecule has 1 aromatic rings. The van der Waals surface area contributed by atoms with Crippen LogP contribution < -0.4 is 5.73 Å². The second-order valence-corrected chi connectivity index (χ2v) is 6.70. The van der Waals surface area contributed by atoms with E-state index in [1.165, 1.54) is 12.0 Å². The van der Waals surface area contributed by atoms with Gasteiger partial charge in [-0.2, -0.15) is 0 Å². The van der Waals surface area contributed by atoms with E-state index < -0.39 is 5.60 Å². The molecule has 3 atom stereocenters. The molecule has 0 radical (unpaired) electrons. The van der Waals surface area contributed by atoms with Crippen molar-refractivity contribution in [1.82, 2.24) is 0 Å². The van der Waals surface area contributed by atoms with E-state index >= 15 is 0 Å². The van der Waals surface area contributed by atoms with Gasteiger partial charge in [0.25, 0.3) is 0 Å². The number of benzene rings is 1. The molecule has 2 heteroatoms. The number of aryl methyl sites for hydroxylation is 1.